The van der Waals surface area contributed by atoms with Crippen molar-refractivity contribution in [3.63, 3.8) is 0 Å². The molecule has 2 aromatic carbocycles. The molecule has 1 aliphatic rings. The lowest BCUT2D eigenvalue weighted by molar-refractivity contribution is 0.211. The molecule has 162 valence electrons. The van der Waals surface area contributed by atoms with Gasteiger partial charge in [-0.1, -0.05) is 61.9 Å². The first-order chi connectivity index (χ1) is 15.1. The van der Waals surface area contributed by atoms with Gasteiger partial charge in [-0.2, -0.15) is 0 Å². The molecule has 31 heavy (non-hydrogen) atoms. The molecule has 3 aromatic rings. The minimum atomic E-state index is 0.165. The summed E-state index contributed by atoms with van der Waals surface area (Å²) in [6.45, 7) is 5.25. The van der Waals surface area contributed by atoms with Gasteiger partial charge in [0.1, 0.15) is 0 Å². The predicted octanol–water partition coefficient (Wildman–Crippen LogP) is 5.31. The molecule has 1 aromatic heterocycles. The molecular formula is C28H33NO2. The minimum absolute atomic E-state index is 0.165. The lowest BCUT2D eigenvalue weighted by atomic mass is 9.85. The second-order valence-electron chi connectivity index (χ2n) is 8.94. The molecule has 0 saturated carbocycles. The van der Waals surface area contributed by atoms with Crippen molar-refractivity contribution in [2.45, 2.75) is 58.9 Å². The van der Waals surface area contributed by atoms with Crippen molar-refractivity contribution < 1.29 is 5.11 Å². The minimum Gasteiger partial charge on any atom is -0.396 e. The SMILES string of the molecule is CCCCc1cn(Cc2ccc(-c3ccccc3C)cc2)c2c(c1=O)CC(CO)CC2. The first kappa shape index (κ1) is 21.6. The van der Waals surface area contributed by atoms with E-state index in [9.17, 15) is 9.90 Å². The number of unbranched alkanes of at least 4 members (excludes halogenated alkanes) is 1. The quantitative estimate of drug-likeness (QED) is 0.568. The van der Waals surface area contributed by atoms with Gasteiger partial charge in [0.05, 0.1) is 0 Å². The second kappa shape index (κ2) is 9.65. The van der Waals surface area contributed by atoms with E-state index >= 15 is 0 Å². The van der Waals surface area contributed by atoms with Crippen LogP contribution < -0.4 is 5.43 Å². The Morgan fingerprint density at radius 2 is 1.87 bits per heavy atom. The van der Waals surface area contributed by atoms with Gasteiger partial charge >= 0.3 is 0 Å². The van der Waals surface area contributed by atoms with Gasteiger partial charge in [-0.15, -0.1) is 0 Å². The number of aliphatic hydroxyl groups is 1. The summed E-state index contributed by atoms with van der Waals surface area (Å²) >= 11 is 0. The standard InChI is InChI=1S/C28H33NO2/c1-3-4-8-24-18-29(27-15-12-22(19-30)16-26(27)28(24)31)17-21-10-13-23(14-11-21)25-9-6-5-7-20(25)2/h5-7,9-11,13-14,18,22,30H,3-4,8,12,15-17,19H2,1-2H3. The van der Waals surface area contributed by atoms with E-state index in [1.54, 1.807) is 0 Å². The van der Waals surface area contributed by atoms with Crippen LogP contribution in [0, 0.1) is 12.8 Å². The van der Waals surface area contributed by atoms with E-state index in [0.717, 1.165) is 55.5 Å². The largest absolute Gasteiger partial charge is 0.396 e. The third-order valence-electron chi connectivity index (χ3n) is 6.68. The summed E-state index contributed by atoms with van der Waals surface area (Å²) in [5.74, 6) is 0.212. The zero-order chi connectivity index (χ0) is 21.8. The molecule has 0 bridgehead atoms. The zero-order valence-electron chi connectivity index (χ0n) is 18.7. The number of pyridine rings is 1. The molecule has 0 spiro atoms. The van der Waals surface area contributed by atoms with Gasteiger partial charge in [-0.05, 0) is 67.2 Å². The third kappa shape index (κ3) is 4.67. The van der Waals surface area contributed by atoms with Gasteiger partial charge in [0, 0.05) is 36.2 Å². The molecule has 0 fully saturated rings. The van der Waals surface area contributed by atoms with Crippen LogP contribution in [0.3, 0.4) is 0 Å². The maximum atomic E-state index is 13.1. The molecule has 0 aliphatic heterocycles. The van der Waals surface area contributed by atoms with Crippen molar-refractivity contribution in [1.29, 1.82) is 0 Å². The van der Waals surface area contributed by atoms with E-state index in [2.05, 4.69) is 73.1 Å². The van der Waals surface area contributed by atoms with Crippen LogP contribution in [0.4, 0.5) is 0 Å². The van der Waals surface area contributed by atoms with Gasteiger partial charge in [-0.3, -0.25) is 4.79 Å². The van der Waals surface area contributed by atoms with E-state index < -0.39 is 0 Å². The van der Waals surface area contributed by atoms with Gasteiger partial charge in [0.2, 0.25) is 0 Å². The summed E-state index contributed by atoms with van der Waals surface area (Å²) in [6.07, 6.45) is 7.56. The molecule has 1 N–H and O–H groups in total. The summed E-state index contributed by atoms with van der Waals surface area (Å²) in [6, 6.07) is 17.3. The highest BCUT2D eigenvalue weighted by molar-refractivity contribution is 5.67. The van der Waals surface area contributed by atoms with Gasteiger partial charge in [0.15, 0.2) is 5.43 Å². The molecule has 3 nitrogen and oxygen atoms in total. The van der Waals surface area contributed by atoms with Crippen molar-refractivity contribution in [2.75, 3.05) is 6.61 Å². The van der Waals surface area contributed by atoms with E-state index in [-0.39, 0.29) is 18.0 Å². The molecule has 0 saturated heterocycles. The fourth-order valence-electron chi connectivity index (χ4n) is 4.78. The maximum Gasteiger partial charge on any atom is 0.188 e. The summed E-state index contributed by atoms with van der Waals surface area (Å²) in [7, 11) is 0. The second-order valence-corrected chi connectivity index (χ2v) is 8.94. The monoisotopic (exact) mass is 415 g/mol. The number of rotatable bonds is 7. The van der Waals surface area contributed by atoms with Crippen LogP contribution in [0.1, 0.15) is 54.1 Å². The van der Waals surface area contributed by atoms with Crippen molar-refractivity contribution in [3.8, 4) is 11.1 Å². The average Bonchev–Trinajstić information content (AvgIpc) is 2.80. The number of hydrogen-bond acceptors (Lipinski definition) is 2. The van der Waals surface area contributed by atoms with Gasteiger partial charge < -0.3 is 9.67 Å². The van der Waals surface area contributed by atoms with Crippen LogP contribution >= 0.6 is 0 Å². The Morgan fingerprint density at radius 1 is 1.10 bits per heavy atom. The number of aromatic nitrogens is 1. The smallest absolute Gasteiger partial charge is 0.188 e. The van der Waals surface area contributed by atoms with Crippen LogP contribution in [0.5, 0.6) is 0 Å². The Kier molecular flexibility index (Phi) is 6.72. The Labute approximate surface area is 185 Å². The third-order valence-corrected chi connectivity index (χ3v) is 6.68. The fraction of sp³-hybridized carbons (Fsp3) is 0.393. The average molecular weight is 416 g/mol. The van der Waals surface area contributed by atoms with Crippen LogP contribution in [-0.2, 0) is 25.8 Å². The Hall–Kier alpha value is -2.65. The normalized spacial score (nSPS) is 15.6. The molecule has 1 aliphatic carbocycles. The highest BCUT2D eigenvalue weighted by Gasteiger charge is 2.24. The number of benzene rings is 2. The van der Waals surface area contributed by atoms with Crippen LogP contribution in [-0.4, -0.2) is 16.3 Å². The lowest BCUT2D eigenvalue weighted by Crippen LogP contribution is -2.30. The molecule has 4 rings (SSSR count). The molecule has 0 radical (unpaired) electrons. The molecule has 1 unspecified atom stereocenters. The molecular weight excluding hydrogens is 382 g/mol. The highest BCUT2D eigenvalue weighted by atomic mass is 16.3. The van der Waals surface area contributed by atoms with Crippen molar-refractivity contribution in [1.82, 2.24) is 4.57 Å². The van der Waals surface area contributed by atoms with Gasteiger partial charge in [-0.25, -0.2) is 0 Å². The number of aryl methyl sites for hydroxylation is 2. The number of fused-ring (bicyclic) bond motifs is 1. The van der Waals surface area contributed by atoms with Gasteiger partial charge in [0.25, 0.3) is 0 Å². The fourth-order valence-corrected chi connectivity index (χ4v) is 4.78. The Morgan fingerprint density at radius 3 is 2.58 bits per heavy atom. The van der Waals surface area contributed by atoms with Crippen molar-refractivity contribution >= 4 is 0 Å². The Bertz CT molecular complexity index is 1090. The topological polar surface area (TPSA) is 42.2 Å². The number of hydrogen-bond donors (Lipinski definition) is 1. The predicted molar refractivity (Wildman–Crippen MR) is 128 cm³/mol. The van der Waals surface area contributed by atoms with Crippen molar-refractivity contribution in [3.05, 3.63) is 92.9 Å². The van der Waals surface area contributed by atoms with Crippen LogP contribution in [0.15, 0.2) is 59.5 Å². The highest BCUT2D eigenvalue weighted by Crippen LogP contribution is 2.26. The first-order valence-corrected chi connectivity index (χ1v) is 11.6. The van der Waals surface area contributed by atoms with Crippen LogP contribution in [0.2, 0.25) is 0 Å². The van der Waals surface area contributed by atoms with E-state index in [1.807, 2.05) is 0 Å². The van der Waals surface area contributed by atoms with E-state index in [4.69, 9.17) is 0 Å². The van der Waals surface area contributed by atoms with E-state index in [1.165, 1.54) is 22.3 Å². The van der Waals surface area contributed by atoms with Crippen LogP contribution in [0.25, 0.3) is 11.1 Å². The lowest BCUT2D eigenvalue weighted by Gasteiger charge is -2.27. The van der Waals surface area contributed by atoms with Crippen molar-refractivity contribution in [2.24, 2.45) is 5.92 Å². The summed E-state index contributed by atoms with van der Waals surface area (Å²) in [5, 5.41) is 9.65. The molecule has 0 amide bonds. The summed E-state index contributed by atoms with van der Waals surface area (Å²) in [5.41, 5.74) is 8.28. The zero-order valence-corrected chi connectivity index (χ0v) is 18.7. The molecule has 1 heterocycles. The number of aliphatic hydroxyl groups excluding tert-OH is 1. The summed E-state index contributed by atoms with van der Waals surface area (Å²) in [4.78, 5) is 13.1. The summed E-state index contributed by atoms with van der Waals surface area (Å²) < 4.78 is 2.30. The first-order valence-electron chi connectivity index (χ1n) is 11.6. The maximum absolute atomic E-state index is 13.1. The van der Waals surface area contributed by atoms with E-state index in [0.29, 0.717) is 6.42 Å². The Balaban J connectivity index is 1.66. The molecule has 3 heteroatoms. The molecule has 1 atom stereocenters. The number of nitrogens with zero attached hydrogens (tertiary/aromatic N) is 1.